The van der Waals surface area contributed by atoms with Crippen molar-refractivity contribution < 1.29 is 28.5 Å². The van der Waals surface area contributed by atoms with Crippen molar-refractivity contribution in [3.8, 4) is 23.0 Å². The first kappa shape index (κ1) is 19.3. The molecule has 0 amide bonds. The van der Waals surface area contributed by atoms with Gasteiger partial charge >= 0.3 is 11.9 Å². The van der Waals surface area contributed by atoms with E-state index in [0.29, 0.717) is 35.8 Å². The molecule has 0 saturated carbocycles. The van der Waals surface area contributed by atoms with Crippen molar-refractivity contribution in [1.29, 1.82) is 0 Å². The molecule has 0 unspecified atom stereocenters. The lowest BCUT2D eigenvalue weighted by atomic mass is 10.2. The molecule has 2 rings (SSSR count). The molecule has 0 fully saturated rings. The molecule has 2 aromatic rings. The highest BCUT2D eigenvalue weighted by molar-refractivity contribution is 5.73. The molecule has 0 radical (unpaired) electrons. The predicted octanol–water partition coefficient (Wildman–Crippen LogP) is 3.78. The van der Waals surface area contributed by atoms with Crippen LogP contribution in [0.3, 0.4) is 0 Å². The summed E-state index contributed by atoms with van der Waals surface area (Å²) >= 11 is 0. The molecule has 6 heteroatoms. The number of methoxy groups -OCH3 is 2. The summed E-state index contributed by atoms with van der Waals surface area (Å²) in [5, 5.41) is 0. The van der Waals surface area contributed by atoms with Crippen LogP contribution < -0.4 is 18.9 Å². The molecule has 0 heterocycles. The van der Waals surface area contributed by atoms with E-state index in [4.69, 9.17) is 18.9 Å². The van der Waals surface area contributed by atoms with E-state index in [1.54, 1.807) is 62.8 Å². The molecule has 0 aliphatic heterocycles. The van der Waals surface area contributed by atoms with E-state index in [2.05, 4.69) is 0 Å². The van der Waals surface area contributed by atoms with Crippen LogP contribution in [-0.4, -0.2) is 26.2 Å². The van der Waals surface area contributed by atoms with Crippen molar-refractivity contribution >= 4 is 11.9 Å². The number of rotatable bonds is 9. The Morgan fingerprint density at radius 1 is 0.615 bits per heavy atom. The van der Waals surface area contributed by atoms with Crippen LogP contribution in [0.2, 0.25) is 0 Å². The molecule has 0 saturated heterocycles. The molecule has 6 nitrogen and oxygen atoms in total. The van der Waals surface area contributed by atoms with Gasteiger partial charge in [0.15, 0.2) is 0 Å². The molecule has 0 spiro atoms. The molecule has 0 aromatic heterocycles. The zero-order valence-electron chi connectivity index (χ0n) is 14.9. The Kier molecular flexibility index (Phi) is 7.49. The Bertz CT molecular complexity index is 643. The van der Waals surface area contributed by atoms with Crippen LogP contribution in [-0.2, 0) is 9.59 Å². The van der Waals surface area contributed by atoms with E-state index in [9.17, 15) is 9.59 Å². The Balaban J connectivity index is 1.63. The van der Waals surface area contributed by atoms with E-state index in [1.165, 1.54) is 0 Å². The maximum absolute atomic E-state index is 11.8. The normalized spacial score (nSPS) is 10.1. The molecule has 0 N–H and O–H groups in total. The molecule has 138 valence electrons. The lowest BCUT2D eigenvalue weighted by Gasteiger charge is -2.06. The second kappa shape index (κ2) is 10.1. The van der Waals surface area contributed by atoms with Crippen molar-refractivity contribution in [2.24, 2.45) is 0 Å². The summed E-state index contributed by atoms with van der Waals surface area (Å²) in [4.78, 5) is 23.6. The Morgan fingerprint density at radius 2 is 0.923 bits per heavy atom. The van der Waals surface area contributed by atoms with Crippen LogP contribution in [0.4, 0.5) is 0 Å². The van der Waals surface area contributed by atoms with Gasteiger partial charge in [0.1, 0.15) is 23.0 Å². The topological polar surface area (TPSA) is 71.1 Å². The molecule has 0 aliphatic rings. The summed E-state index contributed by atoms with van der Waals surface area (Å²) in [6.45, 7) is 0. The van der Waals surface area contributed by atoms with Crippen molar-refractivity contribution in [3.05, 3.63) is 48.5 Å². The Morgan fingerprint density at radius 3 is 1.23 bits per heavy atom. The van der Waals surface area contributed by atoms with Crippen molar-refractivity contribution in [3.63, 3.8) is 0 Å². The lowest BCUT2D eigenvalue weighted by molar-refractivity contribution is -0.136. The third kappa shape index (κ3) is 6.47. The first-order chi connectivity index (χ1) is 12.6. The van der Waals surface area contributed by atoms with E-state index >= 15 is 0 Å². The first-order valence-corrected chi connectivity index (χ1v) is 8.30. The third-order valence-corrected chi connectivity index (χ3v) is 3.59. The van der Waals surface area contributed by atoms with Crippen LogP contribution in [0.1, 0.15) is 25.7 Å². The number of carbonyl (C=O) groups is 2. The van der Waals surface area contributed by atoms with E-state index < -0.39 is 0 Å². The minimum absolute atomic E-state index is 0.238. The quantitative estimate of drug-likeness (QED) is 0.386. The number of hydrogen-bond donors (Lipinski definition) is 0. The Labute approximate surface area is 152 Å². The third-order valence-electron chi connectivity index (χ3n) is 3.59. The van der Waals surface area contributed by atoms with Crippen LogP contribution in [0.15, 0.2) is 48.5 Å². The molecule has 0 bridgehead atoms. The largest absolute Gasteiger partial charge is 0.497 e. The molecule has 26 heavy (non-hydrogen) atoms. The van der Waals surface area contributed by atoms with Gasteiger partial charge < -0.3 is 18.9 Å². The van der Waals surface area contributed by atoms with Gasteiger partial charge in [-0.2, -0.15) is 0 Å². The minimum Gasteiger partial charge on any atom is -0.497 e. The summed E-state index contributed by atoms with van der Waals surface area (Å²) in [5.74, 6) is 1.65. The predicted molar refractivity (Wildman–Crippen MR) is 95.7 cm³/mol. The smallest absolute Gasteiger partial charge is 0.311 e. The van der Waals surface area contributed by atoms with Gasteiger partial charge in [-0.15, -0.1) is 0 Å². The van der Waals surface area contributed by atoms with Crippen LogP contribution in [0, 0.1) is 0 Å². The van der Waals surface area contributed by atoms with E-state index in [-0.39, 0.29) is 24.8 Å². The number of unbranched alkanes of at least 4 members (excludes halogenated alkanes) is 1. The van der Waals surface area contributed by atoms with Gasteiger partial charge in [-0.05, 0) is 61.4 Å². The molecular formula is C20H22O6. The van der Waals surface area contributed by atoms with E-state index in [1.807, 2.05) is 0 Å². The fourth-order valence-electron chi connectivity index (χ4n) is 2.19. The van der Waals surface area contributed by atoms with Crippen LogP contribution in [0.5, 0.6) is 23.0 Å². The van der Waals surface area contributed by atoms with Gasteiger partial charge in [0.05, 0.1) is 14.2 Å². The summed E-state index contributed by atoms with van der Waals surface area (Å²) in [5.41, 5.74) is 0. The maximum Gasteiger partial charge on any atom is 0.311 e. The standard InChI is InChI=1S/C20H22O6/c1-23-15-7-11-17(12-8-15)25-19(21)5-3-4-6-20(22)26-18-13-9-16(24-2)10-14-18/h7-14H,3-6H2,1-2H3. The van der Waals surface area contributed by atoms with Crippen LogP contribution >= 0.6 is 0 Å². The van der Waals surface area contributed by atoms with Crippen molar-refractivity contribution in [2.45, 2.75) is 25.7 Å². The average molecular weight is 358 g/mol. The van der Waals surface area contributed by atoms with Crippen molar-refractivity contribution in [2.75, 3.05) is 14.2 Å². The van der Waals surface area contributed by atoms with Crippen molar-refractivity contribution in [1.82, 2.24) is 0 Å². The number of esters is 2. The van der Waals surface area contributed by atoms with Crippen LogP contribution in [0.25, 0.3) is 0 Å². The van der Waals surface area contributed by atoms with Gasteiger partial charge in [0.25, 0.3) is 0 Å². The fourth-order valence-corrected chi connectivity index (χ4v) is 2.19. The second-order valence-corrected chi connectivity index (χ2v) is 5.51. The SMILES string of the molecule is COc1ccc(OC(=O)CCCCC(=O)Oc2ccc(OC)cc2)cc1. The highest BCUT2D eigenvalue weighted by atomic mass is 16.5. The molecular weight excluding hydrogens is 336 g/mol. The highest BCUT2D eigenvalue weighted by Gasteiger charge is 2.08. The van der Waals surface area contributed by atoms with Gasteiger partial charge in [-0.25, -0.2) is 0 Å². The summed E-state index contributed by atoms with van der Waals surface area (Å²) in [6.07, 6.45) is 1.57. The number of ether oxygens (including phenoxy) is 4. The molecule has 2 aromatic carbocycles. The lowest BCUT2D eigenvalue weighted by Crippen LogP contribution is -2.10. The van der Waals surface area contributed by atoms with Gasteiger partial charge in [0.2, 0.25) is 0 Å². The monoisotopic (exact) mass is 358 g/mol. The van der Waals surface area contributed by atoms with Gasteiger partial charge in [-0.3, -0.25) is 9.59 Å². The number of hydrogen-bond acceptors (Lipinski definition) is 6. The zero-order valence-corrected chi connectivity index (χ0v) is 14.9. The molecule has 0 atom stereocenters. The first-order valence-electron chi connectivity index (χ1n) is 8.30. The molecule has 0 aliphatic carbocycles. The zero-order chi connectivity index (χ0) is 18.8. The van der Waals surface area contributed by atoms with Gasteiger partial charge in [-0.1, -0.05) is 0 Å². The van der Waals surface area contributed by atoms with Gasteiger partial charge in [0, 0.05) is 12.8 Å². The fraction of sp³-hybridized carbons (Fsp3) is 0.300. The average Bonchev–Trinajstić information content (AvgIpc) is 2.66. The second-order valence-electron chi connectivity index (χ2n) is 5.51. The summed E-state index contributed by atoms with van der Waals surface area (Å²) < 4.78 is 20.5. The summed E-state index contributed by atoms with van der Waals surface area (Å²) in [6, 6.07) is 13.6. The maximum atomic E-state index is 11.8. The number of benzene rings is 2. The number of carbonyl (C=O) groups excluding carboxylic acids is 2. The Hall–Kier alpha value is -3.02. The van der Waals surface area contributed by atoms with E-state index in [0.717, 1.165) is 0 Å². The summed E-state index contributed by atoms with van der Waals surface area (Å²) in [7, 11) is 3.14. The minimum atomic E-state index is -0.335. The highest BCUT2D eigenvalue weighted by Crippen LogP contribution is 2.19.